The second-order valence-corrected chi connectivity index (χ2v) is 7.01. The fraction of sp³-hybridized carbons (Fsp3) is 0.353. The van der Waals surface area contributed by atoms with Crippen molar-refractivity contribution in [3.05, 3.63) is 47.4 Å². The van der Waals surface area contributed by atoms with Crippen molar-refractivity contribution in [3.8, 4) is 5.75 Å². The van der Waals surface area contributed by atoms with E-state index in [1.807, 2.05) is 20.8 Å². The molecule has 0 fully saturated rings. The lowest BCUT2D eigenvalue weighted by molar-refractivity contribution is 0.168. The molecule has 1 unspecified atom stereocenters. The second-order valence-electron chi connectivity index (χ2n) is 6.62. The summed E-state index contributed by atoms with van der Waals surface area (Å²) < 4.78 is 19.2. The fourth-order valence-corrected chi connectivity index (χ4v) is 2.04. The molecule has 0 spiro atoms. The molecule has 0 aliphatic heterocycles. The maximum absolute atomic E-state index is 13.7. The van der Waals surface area contributed by atoms with Gasteiger partial charge in [-0.05, 0) is 29.7 Å². The first-order chi connectivity index (χ1) is 12.3. The van der Waals surface area contributed by atoms with Crippen LogP contribution in [0, 0.1) is 11.2 Å². The van der Waals surface area contributed by atoms with Crippen molar-refractivity contribution in [2.24, 2.45) is 5.41 Å². The molecule has 9 heteroatoms. The van der Waals surface area contributed by atoms with E-state index in [2.05, 4.69) is 26.4 Å². The number of hydrazine groups is 1. The van der Waals surface area contributed by atoms with Crippen LogP contribution in [-0.2, 0) is 0 Å². The zero-order chi connectivity index (χ0) is 19.2. The number of urea groups is 1. The van der Waals surface area contributed by atoms with Crippen LogP contribution in [0.5, 0.6) is 5.75 Å². The zero-order valence-electron chi connectivity index (χ0n) is 14.7. The van der Waals surface area contributed by atoms with Crippen molar-refractivity contribution >= 4 is 23.4 Å². The third-order valence-corrected chi connectivity index (χ3v) is 3.73. The average molecular weight is 382 g/mol. The molecular weight excluding hydrogens is 361 g/mol. The Hall–Kier alpha value is -2.61. The van der Waals surface area contributed by atoms with Gasteiger partial charge < -0.3 is 10.1 Å². The van der Waals surface area contributed by atoms with Gasteiger partial charge in [-0.2, -0.15) is 0 Å². The normalized spacial score (nSPS) is 12.2. The Morgan fingerprint density at radius 2 is 1.96 bits per heavy atom. The number of anilines is 1. The van der Waals surface area contributed by atoms with Gasteiger partial charge in [0.25, 0.3) is 0 Å². The van der Waals surface area contributed by atoms with Crippen LogP contribution >= 0.6 is 11.6 Å². The number of amides is 2. The van der Waals surface area contributed by atoms with Crippen LogP contribution < -0.4 is 20.9 Å². The Kier molecular flexibility index (Phi) is 6.57. The molecule has 0 saturated heterocycles. The van der Waals surface area contributed by atoms with Crippen LogP contribution in [0.25, 0.3) is 0 Å². The van der Waals surface area contributed by atoms with E-state index in [0.29, 0.717) is 5.82 Å². The minimum absolute atomic E-state index is 0.110. The summed E-state index contributed by atoms with van der Waals surface area (Å²) in [7, 11) is 0. The molecule has 7 nitrogen and oxygen atoms in total. The number of carbonyl (C=O) groups is 1. The second kappa shape index (κ2) is 8.66. The number of nitrogens with zero attached hydrogens (tertiary/aromatic N) is 2. The van der Waals surface area contributed by atoms with Gasteiger partial charge in [0.2, 0.25) is 0 Å². The minimum Gasteiger partial charge on any atom is -0.488 e. The highest BCUT2D eigenvalue weighted by atomic mass is 35.5. The monoisotopic (exact) mass is 381 g/mol. The molecule has 2 amide bonds. The molecule has 1 heterocycles. The Morgan fingerprint density at radius 1 is 1.23 bits per heavy atom. The van der Waals surface area contributed by atoms with Crippen LogP contribution in [0.1, 0.15) is 20.8 Å². The van der Waals surface area contributed by atoms with Crippen molar-refractivity contribution < 1.29 is 13.9 Å². The number of carbonyl (C=O) groups excluding carboxylic acids is 1. The molecule has 2 rings (SSSR count). The van der Waals surface area contributed by atoms with Crippen LogP contribution in [0.3, 0.4) is 0 Å². The first-order valence-corrected chi connectivity index (χ1v) is 8.32. The Balaban J connectivity index is 1.91. The molecule has 0 aliphatic rings. The first kappa shape index (κ1) is 19.7. The molecule has 3 N–H and O–H groups in total. The van der Waals surface area contributed by atoms with Crippen LogP contribution in [-0.4, -0.2) is 28.9 Å². The number of aromatic nitrogens is 2. The highest BCUT2D eigenvalue weighted by Gasteiger charge is 2.27. The number of rotatable bonds is 6. The van der Waals surface area contributed by atoms with Crippen LogP contribution in [0.2, 0.25) is 5.15 Å². The van der Waals surface area contributed by atoms with E-state index in [1.54, 1.807) is 18.2 Å². The first-order valence-electron chi connectivity index (χ1n) is 7.95. The van der Waals surface area contributed by atoms with Gasteiger partial charge in [-0.3, -0.25) is 10.9 Å². The molecule has 1 atom stereocenters. The lowest BCUT2D eigenvalue weighted by atomic mass is 9.87. The van der Waals surface area contributed by atoms with Gasteiger partial charge in [0.15, 0.2) is 22.5 Å². The van der Waals surface area contributed by atoms with Gasteiger partial charge >= 0.3 is 6.03 Å². The Labute approximate surface area is 156 Å². The van der Waals surface area contributed by atoms with Crippen molar-refractivity contribution in [1.82, 2.24) is 20.9 Å². The standard InChI is InChI=1S/C17H21ClFN5O2/c1-17(2,3)13(10-26-12-7-5-4-6-11(12)19)20-16(25)24-23-15-9-8-14(18)21-22-15/h4-9,13H,10H2,1-3H3,(H,22,23)(H2,20,24,25). The summed E-state index contributed by atoms with van der Waals surface area (Å²) in [4.78, 5) is 12.1. The molecule has 26 heavy (non-hydrogen) atoms. The minimum atomic E-state index is -0.487. The van der Waals surface area contributed by atoms with Gasteiger partial charge in [0.1, 0.15) is 6.61 Å². The number of ether oxygens (including phenoxy) is 1. The number of halogens is 2. The summed E-state index contributed by atoms with van der Waals surface area (Å²) in [6.45, 7) is 5.95. The highest BCUT2D eigenvalue weighted by Crippen LogP contribution is 2.22. The average Bonchev–Trinajstić information content (AvgIpc) is 2.58. The largest absolute Gasteiger partial charge is 0.488 e. The molecule has 2 aromatic rings. The maximum atomic E-state index is 13.7. The molecule has 0 saturated carbocycles. The Bertz CT molecular complexity index is 737. The number of nitrogens with one attached hydrogen (secondary N) is 3. The Morgan fingerprint density at radius 3 is 2.58 bits per heavy atom. The number of hydrogen-bond acceptors (Lipinski definition) is 5. The van der Waals surface area contributed by atoms with E-state index in [4.69, 9.17) is 16.3 Å². The number of benzene rings is 1. The number of para-hydroxylation sites is 1. The van der Waals surface area contributed by atoms with E-state index >= 15 is 0 Å². The van der Waals surface area contributed by atoms with Gasteiger partial charge in [-0.15, -0.1) is 10.2 Å². The molecule has 0 aliphatic carbocycles. The van der Waals surface area contributed by atoms with E-state index in [0.717, 1.165) is 0 Å². The highest BCUT2D eigenvalue weighted by molar-refractivity contribution is 6.29. The molecular formula is C17H21ClFN5O2. The third-order valence-electron chi connectivity index (χ3n) is 3.53. The van der Waals surface area contributed by atoms with E-state index < -0.39 is 11.8 Å². The molecule has 140 valence electrons. The topological polar surface area (TPSA) is 88.2 Å². The SMILES string of the molecule is CC(C)(C)C(COc1ccccc1F)NC(=O)NNc1ccc(Cl)nn1. The van der Waals surface area contributed by atoms with Crippen LogP contribution in [0.4, 0.5) is 15.0 Å². The van der Waals surface area contributed by atoms with Crippen molar-refractivity contribution in [2.75, 3.05) is 12.0 Å². The smallest absolute Gasteiger partial charge is 0.333 e. The van der Waals surface area contributed by atoms with E-state index in [9.17, 15) is 9.18 Å². The quantitative estimate of drug-likeness (QED) is 0.667. The van der Waals surface area contributed by atoms with Crippen molar-refractivity contribution in [3.63, 3.8) is 0 Å². The lowest BCUT2D eigenvalue weighted by Crippen LogP contribution is -2.52. The summed E-state index contributed by atoms with van der Waals surface area (Å²) in [5.41, 5.74) is 4.75. The third kappa shape index (κ3) is 6.03. The van der Waals surface area contributed by atoms with Crippen LogP contribution in [0.15, 0.2) is 36.4 Å². The molecule has 1 aromatic heterocycles. The predicted molar refractivity (Wildman–Crippen MR) is 97.5 cm³/mol. The van der Waals surface area contributed by atoms with Crippen molar-refractivity contribution in [2.45, 2.75) is 26.8 Å². The zero-order valence-corrected chi connectivity index (χ0v) is 15.5. The van der Waals surface area contributed by atoms with Crippen molar-refractivity contribution in [1.29, 1.82) is 0 Å². The lowest BCUT2D eigenvalue weighted by Gasteiger charge is -2.31. The summed E-state index contributed by atoms with van der Waals surface area (Å²) in [6, 6.07) is 8.37. The van der Waals surface area contributed by atoms with E-state index in [-0.39, 0.29) is 29.0 Å². The summed E-state index contributed by atoms with van der Waals surface area (Å²) >= 11 is 5.65. The maximum Gasteiger partial charge on any atom is 0.333 e. The van der Waals surface area contributed by atoms with Gasteiger partial charge in [0, 0.05) is 0 Å². The van der Waals surface area contributed by atoms with Gasteiger partial charge in [0.05, 0.1) is 6.04 Å². The predicted octanol–water partition coefficient (Wildman–Crippen LogP) is 3.39. The fourth-order valence-electron chi connectivity index (χ4n) is 1.94. The summed E-state index contributed by atoms with van der Waals surface area (Å²) in [5.74, 6) is 0.0191. The summed E-state index contributed by atoms with van der Waals surface area (Å²) in [5, 5.41) is 10.5. The van der Waals surface area contributed by atoms with Gasteiger partial charge in [-0.1, -0.05) is 44.5 Å². The molecule has 0 radical (unpaired) electrons. The summed E-state index contributed by atoms with van der Waals surface area (Å²) in [6.07, 6.45) is 0. The number of hydrogen-bond donors (Lipinski definition) is 3. The molecule has 0 bridgehead atoms. The van der Waals surface area contributed by atoms with E-state index in [1.165, 1.54) is 18.2 Å². The van der Waals surface area contributed by atoms with Gasteiger partial charge in [-0.25, -0.2) is 9.18 Å². The molecule has 1 aromatic carbocycles.